The van der Waals surface area contributed by atoms with E-state index in [9.17, 15) is 15.0 Å². The van der Waals surface area contributed by atoms with Gasteiger partial charge in [-0.25, -0.2) is 4.99 Å². The van der Waals surface area contributed by atoms with Crippen molar-refractivity contribution in [2.45, 2.75) is 25.0 Å². The first-order chi connectivity index (χ1) is 9.94. The van der Waals surface area contributed by atoms with E-state index in [2.05, 4.69) is 20.2 Å². The summed E-state index contributed by atoms with van der Waals surface area (Å²) in [5.74, 6) is -0.835. The van der Waals surface area contributed by atoms with Crippen LogP contribution in [0.1, 0.15) is 19.9 Å². The van der Waals surface area contributed by atoms with Crippen molar-refractivity contribution in [3.8, 4) is 5.88 Å². The zero-order valence-corrected chi connectivity index (χ0v) is 12.1. The second-order valence-electron chi connectivity index (χ2n) is 4.32. The number of nitrogens with zero attached hydrogens (tertiary/aromatic N) is 4. The number of hydrogen-bond acceptors (Lipinski definition) is 8. The number of aromatic amines is 1. The monoisotopic (exact) mass is 311 g/mol. The van der Waals surface area contributed by atoms with Crippen LogP contribution in [0.2, 0.25) is 0 Å². The number of hydrogen-bond donors (Lipinski definition) is 2. The molecule has 0 spiro atoms. The quantitative estimate of drug-likeness (QED) is 0.250. The van der Waals surface area contributed by atoms with Crippen LogP contribution in [0, 0.1) is 0 Å². The Morgan fingerprint density at radius 3 is 3.05 bits per heavy atom. The molecule has 112 valence electrons. The normalized spacial score (nSPS) is 12.0. The lowest BCUT2D eigenvalue weighted by Crippen LogP contribution is -2.36. The highest BCUT2D eigenvalue weighted by molar-refractivity contribution is 7.99. The van der Waals surface area contributed by atoms with Crippen molar-refractivity contribution < 1.29 is 19.4 Å². The van der Waals surface area contributed by atoms with Gasteiger partial charge in [0.2, 0.25) is 11.2 Å². The third kappa shape index (κ3) is 4.31. The van der Waals surface area contributed by atoms with Crippen molar-refractivity contribution in [1.29, 1.82) is 0 Å². The number of rotatable bonds is 5. The van der Waals surface area contributed by atoms with Crippen molar-refractivity contribution >= 4 is 23.5 Å². The molecule has 0 saturated heterocycles. The lowest BCUT2D eigenvalue weighted by molar-refractivity contribution is -0.779. The molecule has 0 saturated carbocycles. The summed E-state index contributed by atoms with van der Waals surface area (Å²) in [7, 11) is 0. The Hall–Kier alpha value is -2.36. The van der Waals surface area contributed by atoms with Gasteiger partial charge in [-0.1, -0.05) is 11.8 Å². The fourth-order valence-electron chi connectivity index (χ4n) is 1.32. The highest BCUT2D eigenvalue weighted by Crippen LogP contribution is 2.14. The van der Waals surface area contributed by atoms with Gasteiger partial charge in [-0.15, -0.1) is 0 Å². The molecule has 2 aromatic heterocycles. The smallest absolute Gasteiger partial charge is 0.320 e. The molecule has 0 aromatic carbocycles. The number of aliphatic imine (C=N–C) groups is 1. The molecule has 0 aliphatic heterocycles. The van der Waals surface area contributed by atoms with Gasteiger partial charge in [0.05, 0.1) is 6.07 Å². The van der Waals surface area contributed by atoms with E-state index in [0.29, 0.717) is 0 Å². The third-order valence-electron chi connectivity index (χ3n) is 2.27. The molecule has 0 unspecified atom stereocenters. The average molecular weight is 311 g/mol. The van der Waals surface area contributed by atoms with Crippen molar-refractivity contribution in [3.63, 3.8) is 0 Å². The molecule has 2 rings (SSSR count). The maximum Gasteiger partial charge on any atom is 0.320 e. The summed E-state index contributed by atoms with van der Waals surface area (Å²) < 4.78 is 6.42. The Balaban J connectivity index is 2.01. The second kappa shape index (κ2) is 6.39. The van der Waals surface area contributed by atoms with Crippen LogP contribution < -0.4 is 15.3 Å². The van der Waals surface area contributed by atoms with Gasteiger partial charge < -0.3 is 15.2 Å². The van der Waals surface area contributed by atoms with Crippen LogP contribution in [0.4, 0.5) is 5.88 Å². The molecule has 21 heavy (non-hydrogen) atoms. The molecule has 2 N–H and O–H groups in total. The molecular weight excluding hydrogens is 298 g/mol. The van der Waals surface area contributed by atoms with Crippen molar-refractivity contribution in [2.24, 2.45) is 4.99 Å². The van der Waals surface area contributed by atoms with E-state index in [1.54, 1.807) is 0 Å². The SMILES string of the molecule is CC(C)[n+]1cc(/N=C(\[O-])CSc2nc(O)cc(=O)[nH]2)on1. The molecule has 2 heterocycles. The number of thioether (sulfide) groups is 1. The van der Waals surface area contributed by atoms with Crippen LogP contribution in [-0.4, -0.2) is 32.0 Å². The first-order valence-corrected chi connectivity index (χ1v) is 6.98. The predicted molar refractivity (Wildman–Crippen MR) is 71.4 cm³/mol. The summed E-state index contributed by atoms with van der Waals surface area (Å²) >= 11 is 0.950. The molecule has 10 heteroatoms. The van der Waals surface area contributed by atoms with E-state index in [1.165, 1.54) is 10.9 Å². The van der Waals surface area contributed by atoms with Crippen LogP contribution in [0.5, 0.6) is 5.88 Å². The number of H-pyrrole nitrogens is 1. The summed E-state index contributed by atoms with van der Waals surface area (Å²) in [5, 5.41) is 24.7. The number of aromatic hydroxyl groups is 1. The van der Waals surface area contributed by atoms with E-state index in [1.807, 2.05) is 13.8 Å². The molecule has 0 bridgehead atoms. The molecule has 9 nitrogen and oxygen atoms in total. The minimum atomic E-state index is -0.498. The van der Waals surface area contributed by atoms with Crippen molar-refractivity contribution in [1.82, 2.24) is 15.2 Å². The summed E-state index contributed by atoms with van der Waals surface area (Å²) in [6.07, 6.45) is 1.52. The van der Waals surface area contributed by atoms with Crippen LogP contribution in [0.15, 0.2) is 31.7 Å². The van der Waals surface area contributed by atoms with Crippen LogP contribution in [0.25, 0.3) is 0 Å². The Morgan fingerprint density at radius 2 is 2.43 bits per heavy atom. The zero-order valence-electron chi connectivity index (χ0n) is 11.3. The molecule has 0 fully saturated rings. The standard InChI is InChI=1S/C11H13N5O4S/c1-6(2)16-4-10(20-15-16)12-9(19)5-21-11-13-7(17)3-8(18)14-11/h3-4,6H,5H2,1-2H3,(H2-,12,13,14,15,17,18,19). The molecule has 0 amide bonds. The first kappa shape index (κ1) is 15.0. The fourth-order valence-corrected chi connectivity index (χ4v) is 1.97. The van der Waals surface area contributed by atoms with Gasteiger partial charge >= 0.3 is 5.88 Å². The highest BCUT2D eigenvalue weighted by atomic mass is 32.2. The topological polar surface area (TPSA) is 131 Å². The largest absolute Gasteiger partial charge is 0.861 e. The summed E-state index contributed by atoms with van der Waals surface area (Å²) in [5.41, 5.74) is -0.498. The lowest BCUT2D eigenvalue weighted by Gasteiger charge is -2.07. The maximum absolute atomic E-state index is 11.7. The fraction of sp³-hybridized carbons (Fsp3) is 0.364. The van der Waals surface area contributed by atoms with Crippen LogP contribution in [-0.2, 0) is 0 Å². The van der Waals surface area contributed by atoms with E-state index < -0.39 is 17.3 Å². The highest BCUT2D eigenvalue weighted by Gasteiger charge is 2.13. The van der Waals surface area contributed by atoms with Crippen molar-refractivity contribution in [2.75, 3.05) is 5.75 Å². The van der Waals surface area contributed by atoms with Gasteiger partial charge in [0, 0.05) is 5.75 Å². The Morgan fingerprint density at radius 1 is 1.67 bits per heavy atom. The average Bonchev–Trinajstić information content (AvgIpc) is 2.84. The van der Waals surface area contributed by atoms with Crippen LogP contribution >= 0.6 is 11.8 Å². The molecule has 0 aliphatic rings. The van der Waals surface area contributed by atoms with Crippen molar-refractivity contribution in [3.05, 3.63) is 22.6 Å². The van der Waals surface area contributed by atoms with E-state index >= 15 is 0 Å². The second-order valence-corrected chi connectivity index (χ2v) is 5.28. The number of nitrogens with one attached hydrogen (secondary N) is 1. The predicted octanol–water partition coefficient (Wildman–Crippen LogP) is -0.486. The minimum absolute atomic E-state index is 0.0607. The maximum atomic E-state index is 11.7. The molecule has 2 aromatic rings. The van der Waals surface area contributed by atoms with E-state index in [0.717, 1.165) is 17.8 Å². The summed E-state index contributed by atoms with van der Waals surface area (Å²) in [6.45, 7) is 3.82. The Labute approximate surface area is 123 Å². The van der Waals surface area contributed by atoms with Gasteiger partial charge in [0.1, 0.15) is 0 Å². The van der Waals surface area contributed by atoms with Gasteiger partial charge in [-0.2, -0.15) is 4.98 Å². The first-order valence-electron chi connectivity index (χ1n) is 6.00. The summed E-state index contributed by atoms with van der Waals surface area (Å²) in [4.78, 5) is 20.9. The Bertz CT molecular complexity index is 709. The van der Waals surface area contributed by atoms with Gasteiger partial charge in [0.15, 0.2) is 11.2 Å². The van der Waals surface area contributed by atoms with E-state index in [-0.39, 0.29) is 22.8 Å². The van der Waals surface area contributed by atoms with Gasteiger partial charge in [-0.05, 0) is 24.4 Å². The van der Waals surface area contributed by atoms with E-state index in [4.69, 9.17) is 4.52 Å². The molecule has 0 atom stereocenters. The minimum Gasteiger partial charge on any atom is -0.861 e. The van der Waals surface area contributed by atoms with Gasteiger partial charge in [-0.3, -0.25) is 9.32 Å². The summed E-state index contributed by atoms with van der Waals surface area (Å²) in [6, 6.07) is 1.04. The third-order valence-corrected chi connectivity index (χ3v) is 3.13. The molecule has 0 aliphatic carbocycles. The van der Waals surface area contributed by atoms with Crippen LogP contribution in [0.3, 0.4) is 0 Å². The number of aromatic nitrogens is 4. The molecular formula is C11H13N5O4S. The lowest BCUT2D eigenvalue weighted by atomic mass is 10.4. The Kier molecular flexibility index (Phi) is 4.58. The molecule has 0 radical (unpaired) electrons. The van der Waals surface area contributed by atoms with Gasteiger partial charge in [0.25, 0.3) is 11.8 Å². The zero-order chi connectivity index (χ0) is 15.4.